The van der Waals surface area contributed by atoms with Crippen LogP contribution in [0.4, 0.5) is 0 Å². The van der Waals surface area contributed by atoms with E-state index < -0.39 is 0 Å². The molecule has 136 valence electrons. The molecule has 3 aliphatic heterocycles. The lowest BCUT2D eigenvalue weighted by Crippen LogP contribution is -2.41. The molecule has 1 N–H and O–H groups in total. The summed E-state index contributed by atoms with van der Waals surface area (Å²) in [7, 11) is 0. The Kier molecular flexibility index (Phi) is 5.28. The normalized spacial score (nSPS) is 36.4. The Hall–Kier alpha value is -0.810. The number of fused-ring (bicyclic) bond motifs is 5. The van der Waals surface area contributed by atoms with Gasteiger partial charge >= 0.3 is 0 Å². The number of nitrogens with zero attached hydrogens (tertiary/aromatic N) is 2. The monoisotopic (exact) mass is 335 g/mol. The van der Waals surface area contributed by atoms with Crippen LogP contribution in [0, 0.1) is 11.8 Å². The molecule has 0 radical (unpaired) electrons. The third-order valence-electron chi connectivity index (χ3n) is 6.35. The summed E-state index contributed by atoms with van der Waals surface area (Å²) in [5, 5.41) is 3.48. The smallest absolute Gasteiger partial charge is 0.194 e. The van der Waals surface area contributed by atoms with E-state index in [4.69, 9.17) is 14.5 Å². The van der Waals surface area contributed by atoms with Crippen LogP contribution in [0.2, 0.25) is 0 Å². The van der Waals surface area contributed by atoms with Gasteiger partial charge in [-0.1, -0.05) is 19.3 Å². The minimum Gasteiger partial charge on any atom is -0.376 e. The van der Waals surface area contributed by atoms with Gasteiger partial charge in [0.15, 0.2) is 5.96 Å². The first-order valence-electron chi connectivity index (χ1n) is 10.2. The summed E-state index contributed by atoms with van der Waals surface area (Å²) in [6.07, 6.45) is 10.6. The fourth-order valence-electron chi connectivity index (χ4n) is 5.16. The zero-order valence-corrected chi connectivity index (χ0v) is 15.1. The van der Waals surface area contributed by atoms with Crippen molar-refractivity contribution in [2.75, 3.05) is 32.8 Å². The molecular formula is C19H33N3O2. The molecule has 4 aliphatic rings. The Morgan fingerprint density at radius 2 is 1.79 bits per heavy atom. The molecule has 2 bridgehead atoms. The third kappa shape index (κ3) is 3.43. The third-order valence-corrected chi connectivity index (χ3v) is 6.35. The molecule has 4 fully saturated rings. The molecule has 24 heavy (non-hydrogen) atoms. The summed E-state index contributed by atoms with van der Waals surface area (Å²) in [5.41, 5.74) is 0. The number of hydrogen-bond donors (Lipinski definition) is 1. The molecule has 0 aromatic rings. The van der Waals surface area contributed by atoms with Gasteiger partial charge in [0.25, 0.3) is 0 Å². The van der Waals surface area contributed by atoms with Crippen molar-refractivity contribution < 1.29 is 9.47 Å². The molecule has 5 nitrogen and oxygen atoms in total. The molecule has 1 aliphatic carbocycles. The minimum absolute atomic E-state index is 0.482. The van der Waals surface area contributed by atoms with Crippen LogP contribution in [-0.4, -0.2) is 62.0 Å². The van der Waals surface area contributed by atoms with Gasteiger partial charge in [0.1, 0.15) is 0 Å². The van der Waals surface area contributed by atoms with E-state index in [0.29, 0.717) is 18.3 Å². The minimum atomic E-state index is 0.482. The Morgan fingerprint density at radius 3 is 2.46 bits per heavy atom. The highest BCUT2D eigenvalue weighted by molar-refractivity contribution is 5.80. The van der Waals surface area contributed by atoms with Crippen LogP contribution < -0.4 is 5.32 Å². The van der Waals surface area contributed by atoms with Crippen LogP contribution in [0.15, 0.2) is 4.99 Å². The van der Waals surface area contributed by atoms with Crippen molar-refractivity contribution in [3.8, 4) is 0 Å². The zero-order valence-electron chi connectivity index (χ0n) is 15.1. The van der Waals surface area contributed by atoms with E-state index >= 15 is 0 Å². The topological polar surface area (TPSA) is 46.1 Å². The summed E-state index contributed by atoms with van der Waals surface area (Å²) in [5.74, 6) is 2.54. The molecule has 4 atom stereocenters. The van der Waals surface area contributed by atoms with Gasteiger partial charge in [0.05, 0.1) is 31.5 Å². The van der Waals surface area contributed by atoms with Gasteiger partial charge < -0.3 is 19.7 Å². The quantitative estimate of drug-likeness (QED) is 0.476. The van der Waals surface area contributed by atoms with Gasteiger partial charge in [-0.05, 0) is 32.6 Å². The van der Waals surface area contributed by atoms with Crippen LogP contribution in [0.3, 0.4) is 0 Å². The fraction of sp³-hybridized carbons (Fsp3) is 0.947. The van der Waals surface area contributed by atoms with E-state index in [-0.39, 0.29) is 0 Å². The molecule has 5 heteroatoms. The lowest BCUT2D eigenvalue weighted by Gasteiger charge is -2.24. The van der Waals surface area contributed by atoms with Crippen LogP contribution in [0.5, 0.6) is 0 Å². The van der Waals surface area contributed by atoms with Gasteiger partial charge in [-0.2, -0.15) is 0 Å². The van der Waals surface area contributed by atoms with Gasteiger partial charge in [-0.25, -0.2) is 0 Å². The second kappa shape index (κ2) is 7.61. The van der Waals surface area contributed by atoms with E-state index in [9.17, 15) is 0 Å². The molecule has 3 saturated heterocycles. The van der Waals surface area contributed by atoms with Crippen LogP contribution >= 0.6 is 0 Å². The van der Waals surface area contributed by atoms with Crippen molar-refractivity contribution >= 4 is 5.96 Å². The van der Waals surface area contributed by atoms with Crippen molar-refractivity contribution in [1.29, 1.82) is 0 Å². The number of likely N-dealkylation sites (tertiary alicyclic amines) is 1. The van der Waals surface area contributed by atoms with E-state index in [1.807, 2.05) is 0 Å². The van der Waals surface area contributed by atoms with E-state index in [0.717, 1.165) is 50.6 Å². The number of guanidine groups is 1. The average Bonchev–Trinajstić information content (AvgIpc) is 3.31. The summed E-state index contributed by atoms with van der Waals surface area (Å²) in [4.78, 5) is 7.31. The molecule has 0 amide bonds. The largest absolute Gasteiger partial charge is 0.376 e. The predicted molar refractivity (Wildman–Crippen MR) is 95.3 cm³/mol. The predicted octanol–water partition coefficient (Wildman–Crippen LogP) is 2.41. The summed E-state index contributed by atoms with van der Waals surface area (Å²) in [6.45, 7) is 6.83. The second-order valence-corrected chi connectivity index (χ2v) is 7.89. The van der Waals surface area contributed by atoms with Crippen molar-refractivity contribution in [2.45, 2.75) is 70.2 Å². The molecule has 3 heterocycles. The van der Waals surface area contributed by atoms with Gasteiger partial charge in [-0.3, -0.25) is 4.99 Å². The molecule has 0 aromatic carbocycles. The molecule has 4 unspecified atom stereocenters. The maximum Gasteiger partial charge on any atom is 0.194 e. The Balaban J connectivity index is 1.27. The van der Waals surface area contributed by atoms with Crippen LogP contribution in [-0.2, 0) is 9.47 Å². The van der Waals surface area contributed by atoms with Crippen molar-refractivity contribution in [3.05, 3.63) is 0 Å². The van der Waals surface area contributed by atoms with Gasteiger partial charge in [0.2, 0.25) is 0 Å². The maximum absolute atomic E-state index is 6.09. The van der Waals surface area contributed by atoms with Crippen molar-refractivity contribution in [3.63, 3.8) is 0 Å². The molecule has 1 saturated carbocycles. The first-order valence-corrected chi connectivity index (χ1v) is 10.2. The SMILES string of the molecule is CCNC(=NCCOC1CCCCC1)N1CC2C3CCC(O3)C2C1. The maximum atomic E-state index is 6.09. The first-order chi connectivity index (χ1) is 11.8. The molecule has 4 rings (SSSR count). The standard InChI is InChI=1S/C19H33N3O2/c1-2-20-19(21-10-11-23-14-6-4-3-5-7-14)22-12-15-16(13-22)18-9-8-17(15)24-18/h14-18H,2-13H2,1H3,(H,20,21). The number of ether oxygens (including phenoxy) is 2. The Labute approximate surface area is 146 Å². The highest BCUT2D eigenvalue weighted by Crippen LogP contribution is 2.47. The molecule has 0 aromatic heterocycles. The number of rotatable bonds is 5. The summed E-state index contributed by atoms with van der Waals surface area (Å²) >= 11 is 0. The highest BCUT2D eigenvalue weighted by atomic mass is 16.5. The lowest BCUT2D eigenvalue weighted by molar-refractivity contribution is 0.0333. The zero-order chi connectivity index (χ0) is 16.4. The molecular weight excluding hydrogens is 302 g/mol. The second-order valence-electron chi connectivity index (χ2n) is 7.89. The Morgan fingerprint density at radius 1 is 1.08 bits per heavy atom. The van der Waals surface area contributed by atoms with Crippen molar-refractivity contribution in [1.82, 2.24) is 10.2 Å². The fourth-order valence-corrected chi connectivity index (χ4v) is 5.16. The van der Waals surface area contributed by atoms with Crippen LogP contribution in [0.1, 0.15) is 51.9 Å². The Bertz CT molecular complexity index is 432. The highest BCUT2D eigenvalue weighted by Gasteiger charge is 2.53. The number of aliphatic imine (C=N–C) groups is 1. The lowest BCUT2D eigenvalue weighted by atomic mass is 9.82. The number of nitrogens with one attached hydrogen (secondary N) is 1. The first kappa shape index (κ1) is 16.6. The van der Waals surface area contributed by atoms with E-state index in [1.54, 1.807) is 0 Å². The molecule has 0 spiro atoms. The van der Waals surface area contributed by atoms with Gasteiger partial charge in [-0.15, -0.1) is 0 Å². The summed E-state index contributed by atoms with van der Waals surface area (Å²) < 4.78 is 12.1. The van der Waals surface area contributed by atoms with Crippen molar-refractivity contribution in [2.24, 2.45) is 16.8 Å². The van der Waals surface area contributed by atoms with Crippen LogP contribution in [0.25, 0.3) is 0 Å². The average molecular weight is 335 g/mol. The number of hydrogen-bond acceptors (Lipinski definition) is 3. The summed E-state index contributed by atoms with van der Waals surface area (Å²) in [6, 6.07) is 0. The van der Waals surface area contributed by atoms with Gasteiger partial charge in [0, 0.05) is 31.5 Å². The van der Waals surface area contributed by atoms with E-state index in [1.165, 1.54) is 44.9 Å². The van der Waals surface area contributed by atoms with E-state index in [2.05, 4.69) is 17.1 Å².